The number of likely N-dealkylation sites (N-methyl/N-ethyl adjacent to an activating group) is 1. The van der Waals surface area contributed by atoms with Gasteiger partial charge < -0.3 is 9.64 Å². The lowest BCUT2D eigenvalue weighted by Crippen LogP contribution is -2.43. The maximum absolute atomic E-state index is 12.3. The Bertz CT molecular complexity index is 549. The first-order chi connectivity index (χ1) is 11.6. The van der Waals surface area contributed by atoms with E-state index in [0.29, 0.717) is 11.4 Å². The van der Waals surface area contributed by atoms with Gasteiger partial charge in [0.1, 0.15) is 0 Å². The third-order valence-corrected chi connectivity index (χ3v) is 5.30. The molecule has 0 spiro atoms. The van der Waals surface area contributed by atoms with E-state index in [4.69, 9.17) is 4.74 Å². The number of carbonyl (C=O) groups is 3. The van der Waals surface area contributed by atoms with Crippen molar-refractivity contribution >= 4 is 29.0 Å². The van der Waals surface area contributed by atoms with Crippen molar-refractivity contribution in [3.63, 3.8) is 0 Å². The lowest BCUT2D eigenvalue weighted by atomic mass is 9.94. The molecule has 0 saturated heterocycles. The molecule has 1 aromatic heterocycles. The summed E-state index contributed by atoms with van der Waals surface area (Å²) in [5.41, 5.74) is 0. The van der Waals surface area contributed by atoms with Gasteiger partial charge in [0.05, 0.1) is 11.3 Å². The van der Waals surface area contributed by atoms with E-state index in [1.807, 2.05) is 17.2 Å². The van der Waals surface area contributed by atoms with Gasteiger partial charge in [-0.05, 0) is 31.2 Å². The number of amides is 1. The summed E-state index contributed by atoms with van der Waals surface area (Å²) < 4.78 is 5.07. The smallest absolute Gasteiger partial charge is 0.306 e. The van der Waals surface area contributed by atoms with Crippen LogP contribution in [-0.4, -0.2) is 41.8 Å². The molecule has 1 heterocycles. The molecule has 1 aliphatic carbocycles. The van der Waals surface area contributed by atoms with E-state index in [2.05, 4.69) is 0 Å². The maximum atomic E-state index is 12.3. The third-order valence-electron chi connectivity index (χ3n) is 4.39. The quantitative estimate of drug-likeness (QED) is 0.532. The van der Waals surface area contributed by atoms with Gasteiger partial charge in [0.15, 0.2) is 12.4 Å². The summed E-state index contributed by atoms with van der Waals surface area (Å²) in [5.74, 6) is -0.694. The van der Waals surface area contributed by atoms with Gasteiger partial charge >= 0.3 is 5.97 Å². The van der Waals surface area contributed by atoms with Crippen LogP contribution >= 0.6 is 11.3 Å². The number of esters is 1. The second kappa shape index (κ2) is 9.57. The summed E-state index contributed by atoms with van der Waals surface area (Å²) in [4.78, 5) is 38.4. The molecule has 1 fully saturated rings. The number of rotatable bonds is 8. The van der Waals surface area contributed by atoms with E-state index < -0.39 is 5.97 Å². The molecule has 0 radical (unpaired) electrons. The normalized spacial score (nSPS) is 15.0. The number of hydrogen-bond donors (Lipinski definition) is 0. The number of nitrogens with zero attached hydrogens (tertiary/aromatic N) is 1. The standard InChI is InChI=1S/C18H25NO4S/c1-2-19(14-7-4-3-5-8-14)17(21)13-23-18(22)11-10-15(20)16-9-6-12-24-16/h6,9,12,14H,2-5,7-8,10-11,13H2,1H3. The first-order valence-corrected chi connectivity index (χ1v) is 9.51. The number of ketones is 1. The van der Waals surface area contributed by atoms with Crippen LogP contribution in [-0.2, 0) is 14.3 Å². The van der Waals surface area contributed by atoms with Crippen molar-refractivity contribution in [2.24, 2.45) is 0 Å². The first-order valence-electron chi connectivity index (χ1n) is 8.63. The molecule has 1 amide bonds. The first kappa shape index (κ1) is 18.6. The van der Waals surface area contributed by atoms with Crippen LogP contribution in [0.25, 0.3) is 0 Å². The minimum absolute atomic E-state index is 0.0135. The Kier molecular flexibility index (Phi) is 7.43. The molecule has 0 aliphatic heterocycles. The van der Waals surface area contributed by atoms with Crippen molar-refractivity contribution < 1.29 is 19.1 Å². The highest BCUT2D eigenvalue weighted by atomic mass is 32.1. The van der Waals surface area contributed by atoms with Gasteiger partial charge in [-0.2, -0.15) is 0 Å². The number of thiophene rings is 1. The predicted octanol–water partition coefficient (Wildman–Crippen LogP) is 3.44. The Labute approximate surface area is 147 Å². The number of Topliss-reactive ketones (excluding diaryl/α,β-unsaturated/α-hetero) is 1. The molecule has 5 nitrogen and oxygen atoms in total. The van der Waals surface area contributed by atoms with Crippen molar-refractivity contribution in [2.75, 3.05) is 13.2 Å². The molecule has 0 aromatic carbocycles. The second-order valence-electron chi connectivity index (χ2n) is 6.03. The zero-order valence-electron chi connectivity index (χ0n) is 14.2. The highest BCUT2D eigenvalue weighted by Gasteiger charge is 2.24. The average molecular weight is 351 g/mol. The molecule has 1 saturated carbocycles. The molecule has 132 valence electrons. The highest BCUT2D eigenvalue weighted by Crippen LogP contribution is 2.22. The Morgan fingerprint density at radius 1 is 1.21 bits per heavy atom. The van der Waals surface area contributed by atoms with Crippen molar-refractivity contribution in [3.8, 4) is 0 Å². The van der Waals surface area contributed by atoms with Crippen LogP contribution in [0, 0.1) is 0 Å². The van der Waals surface area contributed by atoms with E-state index in [-0.39, 0.29) is 37.2 Å². The Hall–Kier alpha value is -1.69. The maximum Gasteiger partial charge on any atom is 0.306 e. The molecule has 1 aliphatic rings. The minimum atomic E-state index is -0.493. The molecule has 0 N–H and O–H groups in total. The van der Waals surface area contributed by atoms with Crippen LogP contribution in [0.1, 0.15) is 61.5 Å². The molecular weight excluding hydrogens is 326 g/mol. The monoisotopic (exact) mass is 351 g/mol. The minimum Gasteiger partial charge on any atom is -0.456 e. The van der Waals surface area contributed by atoms with Crippen LogP contribution in [0.15, 0.2) is 17.5 Å². The van der Waals surface area contributed by atoms with E-state index >= 15 is 0 Å². The van der Waals surface area contributed by atoms with Gasteiger partial charge in [-0.25, -0.2) is 0 Å². The van der Waals surface area contributed by atoms with Crippen LogP contribution in [0.3, 0.4) is 0 Å². The van der Waals surface area contributed by atoms with Gasteiger partial charge in [0.2, 0.25) is 0 Å². The lowest BCUT2D eigenvalue weighted by molar-refractivity contribution is -0.153. The second-order valence-corrected chi connectivity index (χ2v) is 6.98. The Morgan fingerprint density at radius 2 is 1.96 bits per heavy atom. The van der Waals surface area contributed by atoms with E-state index in [1.54, 1.807) is 12.1 Å². The predicted molar refractivity (Wildman–Crippen MR) is 93.1 cm³/mol. The fraction of sp³-hybridized carbons (Fsp3) is 0.611. The third kappa shape index (κ3) is 5.44. The highest BCUT2D eigenvalue weighted by molar-refractivity contribution is 7.12. The molecule has 1 aromatic rings. The summed E-state index contributed by atoms with van der Waals surface area (Å²) >= 11 is 1.36. The molecule has 2 rings (SSSR count). The van der Waals surface area contributed by atoms with Gasteiger partial charge in [-0.15, -0.1) is 11.3 Å². The molecule has 0 atom stereocenters. The average Bonchev–Trinajstić information content (AvgIpc) is 3.14. The van der Waals surface area contributed by atoms with Crippen molar-refractivity contribution in [3.05, 3.63) is 22.4 Å². The lowest BCUT2D eigenvalue weighted by Gasteiger charge is -2.33. The Morgan fingerprint density at radius 3 is 2.58 bits per heavy atom. The summed E-state index contributed by atoms with van der Waals surface area (Å²) in [7, 11) is 0. The van der Waals surface area contributed by atoms with Gasteiger partial charge in [-0.3, -0.25) is 14.4 Å². The summed E-state index contributed by atoms with van der Waals surface area (Å²) in [6.07, 6.45) is 5.73. The van der Waals surface area contributed by atoms with Gasteiger partial charge in [-0.1, -0.05) is 25.3 Å². The largest absolute Gasteiger partial charge is 0.456 e. The molecule has 0 bridgehead atoms. The fourth-order valence-corrected chi connectivity index (χ4v) is 3.80. The van der Waals surface area contributed by atoms with Crippen LogP contribution in [0.2, 0.25) is 0 Å². The van der Waals surface area contributed by atoms with Crippen molar-refractivity contribution in [1.82, 2.24) is 4.90 Å². The molecular formula is C18H25NO4S. The van der Waals surface area contributed by atoms with Gasteiger partial charge in [0, 0.05) is 19.0 Å². The van der Waals surface area contributed by atoms with Crippen molar-refractivity contribution in [1.29, 1.82) is 0 Å². The summed E-state index contributed by atoms with van der Waals surface area (Å²) in [6.45, 7) is 2.36. The number of ether oxygens (including phenoxy) is 1. The summed E-state index contributed by atoms with van der Waals surface area (Å²) in [5, 5.41) is 1.83. The zero-order chi connectivity index (χ0) is 17.4. The van der Waals surface area contributed by atoms with Crippen molar-refractivity contribution in [2.45, 2.75) is 57.9 Å². The topological polar surface area (TPSA) is 63.7 Å². The van der Waals surface area contributed by atoms with Crippen LogP contribution in [0.4, 0.5) is 0 Å². The SMILES string of the molecule is CCN(C(=O)COC(=O)CCC(=O)c1cccs1)C1CCCCC1. The fourth-order valence-electron chi connectivity index (χ4n) is 3.10. The van der Waals surface area contributed by atoms with E-state index in [1.165, 1.54) is 17.8 Å². The Balaban J connectivity index is 1.71. The van der Waals surface area contributed by atoms with Crippen LogP contribution < -0.4 is 0 Å². The molecule has 24 heavy (non-hydrogen) atoms. The number of carbonyl (C=O) groups excluding carboxylic acids is 3. The number of hydrogen-bond acceptors (Lipinski definition) is 5. The van der Waals surface area contributed by atoms with Crippen LogP contribution in [0.5, 0.6) is 0 Å². The molecule has 0 unspecified atom stereocenters. The molecule has 6 heteroatoms. The summed E-state index contributed by atoms with van der Waals surface area (Å²) in [6, 6.07) is 3.82. The zero-order valence-corrected chi connectivity index (χ0v) is 15.0. The van der Waals surface area contributed by atoms with Gasteiger partial charge in [0.25, 0.3) is 5.91 Å². The van der Waals surface area contributed by atoms with E-state index in [9.17, 15) is 14.4 Å². The van der Waals surface area contributed by atoms with E-state index in [0.717, 1.165) is 25.7 Å².